The van der Waals surface area contributed by atoms with Crippen molar-refractivity contribution in [3.8, 4) is 0 Å². The minimum absolute atomic E-state index is 0.00520. The number of aliphatic hydroxyl groups is 1. The van der Waals surface area contributed by atoms with E-state index in [1.807, 2.05) is 12.2 Å². The minimum atomic E-state index is -0.958. The number of thiol groups is 1. The zero-order valence-electron chi connectivity index (χ0n) is 11.6. The molecule has 2 aliphatic heterocycles. The molecular weight excluding hydrogens is 322 g/mol. The van der Waals surface area contributed by atoms with Gasteiger partial charge in [-0.15, -0.1) is 24.4 Å². The Morgan fingerprint density at radius 2 is 2.14 bits per heavy atom. The summed E-state index contributed by atoms with van der Waals surface area (Å²) in [5.74, 6) is -0.958. The van der Waals surface area contributed by atoms with Gasteiger partial charge in [-0.1, -0.05) is 30.4 Å². The van der Waals surface area contributed by atoms with Crippen LogP contribution in [0.15, 0.2) is 36.4 Å². The van der Waals surface area contributed by atoms with Gasteiger partial charge in [-0.3, -0.25) is 5.32 Å². The smallest absolute Gasteiger partial charge is 0.336 e. The first-order chi connectivity index (χ1) is 10.5. The van der Waals surface area contributed by atoms with E-state index >= 15 is 0 Å². The van der Waals surface area contributed by atoms with Crippen LogP contribution in [0.4, 0.5) is 0 Å². The first-order valence-corrected chi connectivity index (χ1v) is 8.44. The second-order valence-electron chi connectivity index (χ2n) is 5.25. The van der Waals surface area contributed by atoms with Crippen molar-refractivity contribution in [2.75, 3.05) is 0 Å². The van der Waals surface area contributed by atoms with Crippen molar-refractivity contribution in [3.63, 3.8) is 0 Å². The normalized spacial score (nSPS) is 34.2. The van der Waals surface area contributed by atoms with E-state index in [1.54, 1.807) is 36.0 Å². The fourth-order valence-electron chi connectivity index (χ4n) is 2.70. The molecule has 1 aromatic rings. The third-order valence-electron chi connectivity index (χ3n) is 3.75. The number of aliphatic hydroxyl groups excluding tert-OH is 1. The highest BCUT2D eigenvalue weighted by atomic mass is 32.2. The van der Waals surface area contributed by atoms with Crippen molar-refractivity contribution >= 4 is 30.4 Å². The number of ether oxygens (including phenoxy) is 1. The Bertz CT molecular complexity index is 595. The van der Waals surface area contributed by atoms with Crippen LogP contribution >= 0.6 is 24.4 Å². The van der Waals surface area contributed by atoms with Gasteiger partial charge >= 0.3 is 5.97 Å². The molecule has 22 heavy (non-hydrogen) atoms. The van der Waals surface area contributed by atoms with E-state index in [9.17, 15) is 15.0 Å². The van der Waals surface area contributed by atoms with Crippen molar-refractivity contribution < 1.29 is 19.7 Å². The van der Waals surface area contributed by atoms with Crippen LogP contribution in [-0.2, 0) is 4.74 Å². The van der Waals surface area contributed by atoms with Gasteiger partial charge in [-0.2, -0.15) is 0 Å². The summed E-state index contributed by atoms with van der Waals surface area (Å²) in [5.41, 5.74) is 0.906. The van der Waals surface area contributed by atoms with Crippen LogP contribution in [0.5, 0.6) is 0 Å². The van der Waals surface area contributed by atoms with E-state index in [-0.39, 0.29) is 27.7 Å². The van der Waals surface area contributed by atoms with Crippen molar-refractivity contribution in [1.82, 2.24) is 5.32 Å². The lowest BCUT2D eigenvalue weighted by Crippen LogP contribution is -2.33. The largest absolute Gasteiger partial charge is 0.478 e. The maximum Gasteiger partial charge on any atom is 0.336 e. The SMILES string of the molecule is O=C(O)c1ccccc1C1C=CC(CC2SC(S)NC2O)O1. The Morgan fingerprint density at radius 1 is 1.36 bits per heavy atom. The van der Waals surface area contributed by atoms with Gasteiger partial charge < -0.3 is 14.9 Å². The van der Waals surface area contributed by atoms with Crippen LogP contribution in [0.1, 0.15) is 28.4 Å². The van der Waals surface area contributed by atoms with Gasteiger partial charge in [0.15, 0.2) is 0 Å². The Kier molecular flexibility index (Phi) is 4.79. The van der Waals surface area contributed by atoms with Crippen molar-refractivity contribution in [1.29, 1.82) is 0 Å². The number of rotatable bonds is 4. The summed E-state index contributed by atoms with van der Waals surface area (Å²) >= 11 is 5.85. The first kappa shape index (κ1) is 15.9. The predicted molar refractivity (Wildman–Crippen MR) is 88.1 cm³/mol. The van der Waals surface area contributed by atoms with Crippen molar-refractivity contribution in [2.24, 2.45) is 0 Å². The van der Waals surface area contributed by atoms with Crippen LogP contribution in [0.2, 0.25) is 0 Å². The van der Waals surface area contributed by atoms with E-state index in [0.29, 0.717) is 12.0 Å². The predicted octanol–water partition coefficient (Wildman–Crippen LogP) is 2.01. The third kappa shape index (κ3) is 3.33. The highest BCUT2D eigenvalue weighted by Gasteiger charge is 2.34. The molecular formula is C15H17NO4S2. The number of carboxylic acid groups (broad SMARTS) is 1. The highest BCUT2D eigenvalue weighted by molar-refractivity contribution is 8.11. The van der Waals surface area contributed by atoms with Crippen LogP contribution in [0, 0.1) is 0 Å². The van der Waals surface area contributed by atoms with Crippen LogP contribution < -0.4 is 5.32 Å². The van der Waals surface area contributed by atoms with Crippen molar-refractivity contribution in [2.45, 2.75) is 34.8 Å². The molecule has 5 nitrogen and oxygen atoms in total. The minimum Gasteiger partial charge on any atom is -0.478 e. The summed E-state index contributed by atoms with van der Waals surface area (Å²) in [6.07, 6.45) is 3.36. The summed E-state index contributed by atoms with van der Waals surface area (Å²) in [4.78, 5) is 11.3. The molecule has 3 N–H and O–H groups in total. The molecule has 1 fully saturated rings. The number of carboxylic acids is 1. The molecule has 0 saturated carbocycles. The summed E-state index contributed by atoms with van der Waals surface area (Å²) in [6.45, 7) is 0. The van der Waals surface area contributed by atoms with Gasteiger partial charge in [0.1, 0.15) is 12.3 Å². The Hall–Kier alpha value is -0.990. The number of carbonyl (C=O) groups is 1. The molecule has 2 heterocycles. The van der Waals surface area contributed by atoms with Gasteiger partial charge in [-0.05, 0) is 18.1 Å². The van der Waals surface area contributed by atoms with E-state index in [4.69, 9.17) is 4.74 Å². The fourth-order valence-corrected chi connectivity index (χ4v) is 4.40. The van der Waals surface area contributed by atoms with E-state index in [1.165, 1.54) is 0 Å². The summed E-state index contributed by atoms with van der Waals surface area (Å²) in [6, 6.07) is 6.85. The highest BCUT2D eigenvalue weighted by Crippen LogP contribution is 2.36. The summed E-state index contributed by atoms with van der Waals surface area (Å²) in [5, 5.41) is 22.1. The molecule has 1 saturated heterocycles. The molecule has 3 rings (SSSR count). The number of nitrogens with one attached hydrogen (secondary N) is 1. The van der Waals surface area contributed by atoms with Gasteiger partial charge in [0, 0.05) is 5.25 Å². The Morgan fingerprint density at radius 3 is 2.82 bits per heavy atom. The van der Waals surface area contributed by atoms with E-state index < -0.39 is 12.2 Å². The van der Waals surface area contributed by atoms with Gasteiger partial charge in [0.05, 0.1) is 16.4 Å². The lowest BCUT2D eigenvalue weighted by Gasteiger charge is -2.19. The average Bonchev–Trinajstić information content (AvgIpc) is 3.06. The molecule has 118 valence electrons. The molecule has 0 amide bonds. The molecule has 1 aromatic carbocycles. The second-order valence-corrected chi connectivity index (χ2v) is 7.46. The Balaban J connectivity index is 1.66. The average molecular weight is 339 g/mol. The summed E-state index contributed by atoms with van der Waals surface area (Å²) < 4.78 is 5.86. The summed E-state index contributed by atoms with van der Waals surface area (Å²) in [7, 11) is 0. The van der Waals surface area contributed by atoms with Crippen LogP contribution in [0.3, 0.4) is 0 Å². The lowest BCUT2D eigenvalue weighted by molar-refractivity contribution is 0.0431. The monoisotopic (exact) mass is 339 g/mol. The van der Waals surface area contributed by atoms with Gasteiger partial charge in [-0.25, -0.2) is 4.79 Å². The van der Waals surface area contributed by atoms with E-state index in [0.717, 1.165) is 0 Å². The molecule has 0 aliphatic carbocycles. The standard InChI is InChI=1S/C15H17NO4S2/c17-13-12(22-15(21)16-13)7-8-5-6-11(20-8)9-3-1-2-4-10(9)14(18)19/h1-6,8,11-13,15-17,21H,7H2,(H,18,19). The molecule has 0 spiro atoms. The Labute approximate surface area is 138 Å². The first-order valence-electron chi connectivity index (χ1n) is 6.98. The molecule has 5 unspecified atom stereocenters. The molecule has 0 radical (unpaired) electrons. The maximum atomic E-state index is 11.3. The topological polar surface area (TPSA) is 78.8 Å². The second kappa shape index (κ2) is 6.64. The molecule has 0 aromatic heterocycles. The molecule has 0 bridgehead atoms. The quantitative estimate of drug-likeness (QED) is 0.496. The maximum absolute atomic E-state index is 11.3. The van der Waals surface area contributed by atoms with Crippen LogP contribution in [0.25, 0.3) is 0 Å². The number of thioether (sulfide) groups is 1. The molecule has 2 aliphatic rings. The molecule has 5 atom stereocenters. The fraction of sp³-hybridized carbons (Fsp3) is 0.400. The third-order valence-corrected chi connectivity index (χ3v) is 5.46. The van der Waals surface area contributed by atoms with Gasteiger partial charge in [0.25, 0.3) is 0 Å². The number of aromatic carboxylic acids is 1. The van der Waals surface area contributed by atoms with Gasteiger partial charge in [0.2, 0.25) is 0 Å². The number of benzene rings is 1. The van der Waals surface area contributed by atoms with Crippen LogP contribution in [-0.4, -0.2) is 38.5 Å². The zero-order chi connectivity index (χ0) is 15.7. The molecule has 7 heteroatoms. The number of hydrogen-bond acceptors (Lipinski definition) is 6. The van der Waals surface area contributed by atoms with E-state index in [2.05, 4.69) is 17.9 Å². The van der Waals surface area contributed by atoms with Crippen molar-refractivity contribution in [3.05, 3.63) is 47.5 Å². The lowest BCUT2D eigenvalue weighted by atomic mass is 10.0. The zero-order valence-corrected chi connectivity index (χ0v) is 13.3. The number of hydrogen-bond donors (Lipinski definition) is 4.